The smallest absolute Gasteiger partial charge is 0.310 e. The van der Waals surface area contributed by atoms with E-state index >= 15 is 0 Å². The topological polar surface area (TPSA) is 78.7 Å². The molecule has 0 spiro atoms. The van der Waals surface area contributed by atoms with Gasteiger partial charge in [-0.3, -0.25) is 4.79 Å². The van der Waals surface area contributed by atoms with Crippen molar-refractivity contribution < 1.29 is 18.0 Å². The molecule has 2 heterocycles. The summed E-state index contributed by atoms with van der Waals surface area (Å²) in [6.45, 7) is 3.25. The summed E-state index contributed by atoms with van der Waals surface area (Å²) in [6.07, 6.45) is -3.09. The van der Waals surface area contributed by atoms with Crippen molar-refractivity contribution in [3.05, 3.63) is 46.8 Å². The van der Waals surface area contributed by atoms with E-state index in [0.29, 0.717) is 5.82 Å². The first-order valence-corrected chi connectivity index (χ1v) is 8.03. The van der Waals surface area contributed by atoms with E-state index in [0.717, 1.165) is 23.4 Å². The summed E-state index contributed by atoms with van der Waals surface area (Å²) in [6, 6.07) is 5.73. The van der Waals surface area contributed by atoms with Crippen molar-refractivity contribution in [1.29, 1.82) is 5.26 Å². The number of nitrogens with one attached hydrogen (secondary N) is 1. The van der Waals surface area contributed by atoms with Crippen LogP contribution in [0.3, 0.4) is 0 Å². The Bertz CT molecular complexity index is 829. The normalized spacial score (nSPS) is 11.0. The van der Waals surface area contributed by atoms with Crippen LogP contribution in [0.4, 0.5) is 19.0 Å². The van der Waals surface area contributed by atoms with Gasteiger partial charge in [0.05, 0.1) is 16.9 Å². The molecule has 0 atom stereocenters. The second kappa shape index (κ2) is 7.53. The molecule has 0 saturated carbocycles. The number of amides is 1. The van der Waals surface area contributed by atoms with Crippen molar-refractivity contribution in [2.75, 3.05) is 11.1 Å². The Morgan fingerprint density at radius 2 is 2.08 bits per heavy atom. The Labute approximate surface area is 146 Å². The highest BCUT2D eigenvalue weighted by Crippen LogP contribution is 2.35. The molecule has 0 unspecified atom stereocenters. The predicted molar refractivity (Wildman–Crippen MR) is 87.0 cm³/mol. The molecule has 0 aliphatic carbocycles. The first-order chi connectivity index (χ1) is 11.7. The number of halogens is 3. The zero-order chi connectivity index (χ0) is 18.6. The number of nitriles is 1. The van der Waals surface area contributed by atoms with Gasteiger partial charge in [-0.05, 0) is 31.5 Å². The highest BCUT2D eigenvalue weighted by molar-refractivity contribution is 8.00. The van der Waals surface area contributed by atoms with E-state index in [1.807, 2.05) is 6.92 Å². The molecule has 0 aliphatic rings. The Hall–Kier alpha value is -2.60. The van der Waals surface area contributed by atoms with E-state index in [1.54, 1.807) is 18.3 Å². The van der Waals surface area contributed by atoms with Crippen molar-refractivity contribution >= 4 is 23.5 Å². The number of anilines is 1. The number of rotatable bonds is 4. The lowest BCUT2D eigenvalue weighted by atomic mass is 10.1. The summed E-state index contributed by atoms with van der Waals surface area (Å²) in [7, 11) is 0. The largest absolute Gasteiger partial charge is 0.417 e. The van der Waals surface area contributed by atoms with Gasteiger partial charge >= 0.3 is 6.18 Å². The molecule has 0 fully saturated rings. The number of hydrogen-bond donors (Lipinski definition) is 1. The maximum absolute atomic E-state index is 13.0. The Morgan fingerprint density at radius 1 is 1.36 bits per heavy atom. The molecule has 1 N–H and O–H groups in total. The third kappa shape index (κ3) is 4.93. The van der Waals surface area contributed by atoms with Crippen LogP contribution in [0.15, 0.2) is 29.4 Å². The molecule has 0 aromatic carbocycles. The van der Waals surface area contributed by atoms with Gasteiger partial charge in [0.25, 0.3) is 0 Å². The van der Waals surface area contributed by atoms with Crippen LogP contribution >= 0.6 is 11.8 Å². The second-order valence-corrected chi connectivity index (χ2v) is 6.12. The predicted octanol–water partition coefficient (Wildman–Crippen LogP) is 3.71. The maximum Gasteiger partial charge on any atom is 0.417 e. The Morgan fingerprint density at radius 3 is 2.64 bits per heavy atom. The van der Waals surface area contributed by atoms with Gasteiger partial charge in [0.2, 0.25) is 5.91 Å². The number of thioether (sulfide) groups is 1. The number of nitrogens with zero attached hydrogens (tertiary/aromatic N) is 3. The zero-order valence-electron chi connectivity index (χ0n) is 13.3. The molecule has 2 aromatic heterocycles. The number of pyridine rings is 2. The third-order valence-electron chi connectivity index (χ3n) is 3.05. The number of aromatic nitrogens is 2. The van der Waals surface area contributed by atoms with Gasteiger partial charge in [-0.25, -0.2) is 9.97 Å². The number of aryl methyl sites for hydroxylation is 2. The van der Waals surface area contributed by atoms with Gasteiger partial charge in [-0.15, -0.1) is 0 Å². The summed E-state index contributed by atoms with van der Waals surface area (Å²) in [4.78, 5) is 19.9. The molecule has 0 aliphatic heterocycles. The lowest BCUT2D eigenvalue weighted by Gasteiger charge is -2.12. The van der Waals surface area contributed by atoms with E-state index in [2.05, 4.69) is 15.3 Å². The molecule has 0 radical (unpaired) electrons. The van der Waals surface area contributed by atoms with Crippen LogP contribution in [-0.2, 0) is 11.0 Å². The fourth-order valence-electron chi connectivity index (χ4n) is 1.94. The van der Waals surface area contributed by atoms with Gasteiger partial charge in [-0.1, -0.05) is 17.8 Å². The molecule has 25 heavy (non-hydrogen) atoms. The van der Waals surface area contributed by atoms with Crippen LogP contribution < -0.4 is 5.32 Å². The standard InChI is InChI=1S/C16H13F3N4OS/c1-9-3-4-13(21-7-9)23-14(24)8-25-15-11(6-20)12(16(17,18)19)5-10(2)22-15/h3-5,7H,8H2,1-2H3,(H,21,23,24). The minimum absolute atomic E-state index is 0.120. The van der Waals surface area contributed by atoms with Crippen molar-refractivity contribution in [1.82, 2.24) is 9.97 Å². The average molecular weight is 366 g/mol. The van der Waals surface area contributed by atoms with E-state index in [9.17, 15) is 18.0 Å². The van der Waals surface area contributed by atoms with Crippen molar-refractivity contribution in [3.63, 3.8) is 0 Å². The summed E-state index contributed by atoms with van der Waals surface area (Å²) >= 11 is 0.773. The zero-order valence-corrected chi connectivity index (χ0v) is 14.1. The molecule has 9 heteroatoms. The molecule has 0 saturated heterocycles. The van der Waals surface area contributed by atoms with Crippen LogP contribution in [-0.4, -0.2) is 21.6 Å². The first-order valence-electron chi connectivity index (χ1n) is 7.05. The Balaban J connectivity index is 2.15. The van der Waals surface area contributed by atoms with E-state index in [-0.39, 0.29) is 16.5 Å². The molecular formula is C16H13F3N4OS. The minimum atomic E-state index is -4.66. The van der Waals surface area contributed by atoms with Gasteiger partial charge in [0.1, 0.15) is 16.9 Å². The molecule has 2 aromatic rings. The number of carbonyl (C=O) groups is 1. The van der Waals surface area contributed by atoms with Gasteiger partial charge in [0.15, 0.2) is 0 Å². The highest BCUT2D eigenvalue weighted by atomic mass is 32.2. The molecule has 1 amide bonds. The summed E-state index contributed by atoms with van der Waals surface area (Å²) < 4.78 is 39.1. The number of alkyl halides is 3. The fraction of sp³-hybridized carbons (Fsp3) is 0.250. The third-order valence-corrected chi connectivity index (χ3v) is 4.03. The van der Waals surface area contributed by atoms with Crippen LogP contribution in [0, 0.1) is 25.2 Å². The van der Waals surface area contributed by atoms with Gasteiger partial charge < -0.3 is 5.32 Å². The van der Waals surface area contributed by atoms with Crippen molar-refractivity contribution in [3.8, 4) is 6.07 Å². The van der Waals surface area contributed by atoms with Crippen molar-refractivity contribution in [2.24, 2.45) is 0 Å². The monoisotopic (exact) mass is 366 g/mol. The van der Waals surface area contributed by atoms with Crippen LogP contribution in [0.1, 0.15) is 22.4 Å². The lowest BCUT2D eigenvalue weighted by molar-refractivity contribution is -0.138. The lowest BCUT2D eigenvalue weighted by Crippen LogP contribution is -2.16. The van der Waals surface area contributed by atoms with E-state index in [1.165, 1.54) is 13.0 Å². The average Bonchev–Trinajstić information content (AvgIpc) is 2.53. The van der Waals surface area contributed by atoms with Gasteiger partial charge in [0, 0.05) is 11.9 Å². The molecule has 2 rings (SSSR count). The number of carbonyl (C=O) groups excluding carboxylic acids is 1. The van der Waals surface area contributed by atoms with E-state index in [4.69, 9.17) is 5.26 Å². The number of hydrogen-bond acceptors (Lipinski definition) is 5. The maximum atomic E-state index is 13.0. The van der Waals surface area contributed by atoms with Crippen LogP contribution in [0.5, 0.6) is 0 Å². The summed E-state index contributed by atoms with van der Waals surface area (Å²) in [5, 5.41) is 11.5. The second-order valence-electron chi connectivity index (χ2n) is 5.16. The van der Waals surface area contributed by atoms with Gasteiger partial charge in [-0.2, -0.15) is 18.4 Å². The van der Waals surface area contributed by atoms with Crippen molar-refractivity contribution in [2.45, 2.75) is 25.0 Å². The molecule has 5 nitrogen and oxygen atoms in total. The summed E-state index contributed by atoms with van der Waals surface area (Å²) in [5.41, 5.74) is -0.584. The minimum Gasteiger partial charge on any atom is -0.310 e. The quantitative estimate of drug-likeness (QED) is 0.835. The Kier molecular flexibility index (Phi) is 5.64. The van der Waals surface area contributed by atoms with E-state index < -0.39 is 23.2 Å². The van der Waals surface area contributed by atoms with Crippen LogP contribution in [0.25, 0.3) is 0 Å². The molecule has 130 valence electrons. The highest BCUT2D eigenvalue weighted by Gasteiger charge is 2.35. The molecular weight excluding hydrogens is 353 g/mol. The first kappa shape index (κ1) is 18.7. The SMILES string of the molecule is Cc1ccc(NC(=O)CSc2nc(C)cc(C(F)(F)F)c2C#N)nc1. The van der Waals surface area contributed by atoms with Crippen LogP contribution in [0.2, 0.25) is 0 Å². The summed E-state index contributed by atoms with van der Waals surface area (Å²) in [5.74, 6) is -0.315. The molecule has 0 bridgehead atoms. The fourth-order valence-corrected chi connectivity index (χ4v) is 2.78.